The minimum Gasteiger partial charge on any atom is -0.480 e. The summed E-state index contributed by atoms with van der Waals surface area (Å²) in [6.45, 7) is 4.49. The Bertz CT molecular complexity index is 802. The molecule has 3 rings (SSSR count). The number of carbonyl (C=O) groups excluding carboxylic acids is 1. The van der Waals surface area contributed by atoms with Crippen LogP contribution in [0.25, 0.3) is 0 Å². The molecular weight excluding hydrogens is 344 g/mol. The maximum absolute atomic E-state index is 12.3. The number of rotatable bonds is 7. The van der Waals surface area contributed by atoms with E-state index < -0.39 is 5.97 Å². The smallest absolute Gasteiger partial charge is 0.325 e. The maximum Gasteiger partial charge on any atom is 0.325 e. The number of hydrogen-bond donors (Lipinski definition) is 2. The van der Waals surface area contributed by atoms with E-state index in [-0.39, 0.29) is 18.4 Å². The Kier molecular flexibility index (Phi) is 6.24. The molecule has 1 fully saturated rings. The van der Waals surface area contributed by atoms with Crippen LogP contribution in [0.2, 0.25) is 0 Å². The second-order valence-corrected chi connectivity index (χ2v) is 7.11. The van der Waals surface area contributed by atoms with Crippen molar-refractivity contribution in [3.05, 3.63) is 53.3 Å². The number of carbonyl (C=O) groups is 2. The molecule has 1 aromatic heterocycles. The standard InChI is InChI=1S/C20H26N4O3/c1-15-5-2-3-6-16(15)11-21-19(25)13-23-9-4-7-17(12-23)18-8-10-24(22-18)14-20(26)27/h2-3,5-6,8,10,17H,4,7,9,11-14H2,1H3,(H,21,25)(H,26,27). The largest absolute Gasteiger partial charge is 0.480 e. The zero-order valence-electron chi connectivity index (χ0n) is 15.6. The van der Waals surface area contributed by atoms with E-state index in [0.717, 1.165) is 37.2 Å². The normalized spacial score (nSPS) is 17.6. The van der Waals surface area contributed by atoms with Gasteiger partial charge in [-0.05, 0) is 43.5 Å². The van der Waals surface area contributed by atoms with E-state index in [0.29, 0.717) is 13.1 Å². The van der Waals surface area contributed by atoms with Gasteiger partial charge in [-0.1, -0.05) is 24.3 Å². The van der Waals surface area contributed by atoms with E-state index in [4.69, 9.17) is 5.11 Å². The number of piperidine rings is 1. The molecule has 2 aromatic rings. The molecule has 1 unspecified atom stereocenters. The maximum atomic E-state index is 12.3. The molecule has 7 nitrogen and oxygen atoms in total. The third kappa shape index (κ3) is 5.40. The molecular formula is C20H26N4O3. The molecule has 0 spiro atoms. The molecule has 1 aromatic carbocycles. The number of likely N-dealkylation sites (tertiary alicyclic amines) is 1. The van der Waals surface area contributed by atoms with Crippen LogP contribution < -0.4 is 5.32 Å². The molecule has 27 heavy (non-hydrogen) atoms. The van der Waals surface area contributed by atoms with Crippen LogP contribution in [0.4, 0.5) is 0 Å². The zero-order chi connectivity index (χ0) is 19.2. The molecule has 1 amide bonds. The molecule has 2 heterocycles. The molecule has 0 radical (unpaired) electrons. The summed E-state index contributed by atoms with van der Waals surface area (Å²) in [4.78, 5) is 25.3. The van der Waals surface area contributed by atoms with Gasteiger partial charge in [0.15, 0.2) is 0 Å². The highest BCUT2D eigenvalue weighted by molar-refractivity contribution is 5.78. The quantitative estimate of drug-likeness (QED) is 0.776. The predicted octanol–water partition coefficient (Wildman–Crippen LogP) is 1.77. The molecule has 144 valence electrons. The summed E-state index contributed by atoms with van der Waals surface area (Å²) >= 11 is 0. The second-order valence-electron chi connectivity index (χ2n) is 7.11. The summed E-state index contributed by atoms with van der Waals surface area (Å²) in [5.41, 5.74) is 3.21. The van der Waals surface area contributed by atoms with Gasteiger partial charge in [-0.25, -0.2) is 0 Å². The summed E-state index contributed by atoms with van der Waals surface area (Å²) in [7, 11) is 0. The van der Waals surface area contributed by atoms with Crippen LogP contribution >= 0.6 is 0 Å². The number of nitrogens with zero attached hydrogens (tertiary/aromatic N) is 3. The number of carboxylic acid groups (broad SMARTS) is 1. The third-order valence-corrected chi connectivity index (χ3v) is 4.99. The average molecular weight is 370 g/mol. The van der Waals surface area contributed by atoms with Crippen LogP contribution in [0.3, 0.4) is 0 Å². The molecule has 1 atom stereocenters. The lowest BCUT2D eigenvalue weighted by Gasteiger charge is -2.31. The van der Waals surface area contributed by atoms with Gasteiger partial charge in [-0.15, -0.1) is 0 Å². The first kappa shape index (κ1) is 19.1. The Labute approximate surface area is 159 Å². The van der Waals surface area contributed by atoms with Crippen molar-refractivity contribution in [3.8, 4) is 0 Å². The van der Waals surface area contributed by atoms with Gasteiger partial charge in [0.05, 0.1) is 12.2 Å². The fourth-order valence-corrected chi connectivity index (χ4v) is 3.52. The van der Waals surface area contributed by atoms with Gasteiger partial charge in [0.2, 0.25) is 5.91 Å². The Morgan fingerprint density at radius 2 is 2.07 bits per heavy atom. The summed E-state index contributed by atoms with van der Waals surface area (Å²) < 4.78 is 1.45. The van der Waals surface area contributed by atoms with Crippen molar-refractivity contribution in [2.45, 2.75) is 38.8 Å². The fourth-order valence-electron chi connectivity index (χ4n) is 3.52. The lowest BCUT2D eigenvalue weighted by atomic mass is 9.95. The first-order chi connectivity index (χ1) is 13.0. The number of aliphatic carboxylic acids is 1. The second kappa shape index (κ2) is 8.81. The predicted molar refractivity (Wildman–Crippen MR) is 101 cm³/mol. The minimum absolute atomic E-state index is 0.0234. The Hall–Kier alpha value is -2.67. The van der Waals surface area contributed by atoms with Crippen LogP contribution in [0.15, 0.2) is 36.5 Å². The third-order valence-electron chi connectivity index (χ3n) is 4.99. The highest BCUT2D eigenvalue weighted by atomic mass is 16.4. The van der Waals surface area contributed by atoms with E-state index in [1.165, 1.54) is 10.2 Å². The van der Waals surface area contributed by atoms with Gasteiger partial charge in [-0.2, -0.15) is 5.10 Å². The van der Waals surface area contributed by atoms with Gasteiger partial charge in [0.25, 0.3) is 0 Å². The molecule has 1 aliphatic heterocycles. The topological polar surface area (TPSA) is 87.5 Å². The van der Waals surface area contributed by atoms with Crippen LogP contribution in [-0.2, 0) is 22.7 Å². The number of amides is 1. The molecule has 0 aliphatic carbocycles. The van der Waals surface area contributed by atoms with Crippen molar-refractivity contribution in [3.63, 3.8) is 0 Å². The van der Waals surface area contributed by atoms with E-state index in [1.807, 2.05) is 37.3 Å². The fraction of sp³-hybridized carbons (Fsp3) is 0.450. The Balaban J connectivity index is 1.50. The molecule has 0 saturated carbocycles. The van der Waals surface area contributed by atoms with Gasteiger partial charge >= 0.3 is 5.97 Å². The van der Waals surface area contributed by atoms with E-state index in [9.17, 15) is 9.59 Å². The monoisotopic (exact) mass is 370 g/mol. The Morgan fingerprint density at radius 1 is 1.26 bits per heavy atom. The zero-order valence-corrected chi connectivity index (χ0v) is 15.6. The van der Waals surface area contributed by atoms with Crippen LogP contribution in [0.5, 0.6) is 0 Å². The SMILES string of the molecule is Cc1ccccc1CNC(=O)CN1CCCC(c2ccn(CC(=O)O)n2)C1. The summed E-state index contributed by atoms with van der Waals surface area (Å²) in [5, 5.41) is 16.2. The number of nitrogens with one attached hydrogen (secondary N) is 1. The van der Waals surface area contributed by atoms with Crippen LogP contribution in [-0.4, -0.2) is 51.3 Å². The van der Waals surface area contributed by atoms with Crippen molar-refractivity contribution in [1.82, 2.24) is 20.0 Å². The van der Waals surface area contributed by atoms with Gasteiger partial charge < -0.3 is 10.4 Å². The molecule has 7 heteroatoms. The summed E-state index contributed by atoms with van der Waals surface area (Å²) in [6.07, 6.45) is 3.71. The number of carboxylic acids is 1. The van der Waals surface area contributed by atoms with Crippen molar-refractivity contribution < 1.29 is 14.7 Å². The van der Waals surface area contributed by atoms with Gasteiger partial charge in [0.1, 0.15) is 6.54 Å². The Morgan fingerprint density at radius 3 is 2.85 bits per heavy atom. The van der Waals surface area contributed by atoms with Crippen molar-refractivity contribution in [2.75, 3.05) is 19.6 Å². The summed E-state index contributed by atoms with van der Waals surface area (Å²) in [5.74, 6) is -0.645. The molecule has 1 saturated heterocycles. The highest BCUT2D eigenvalue weighted by Gasteiger charge is 2.24. The van der Waals surface area contributed by atoms with Gasteiger partial charge in [-0.3, -0.25) is 19.2 Å². The summed E-state index contributed by atoms with van der Waals surface area (Å²) in [6, 6.07) is 9.93. The van der Waals surface area contributed by atoms with Crippen LogP contribution in [0.1, 0.15) is 35.6 Å². The van der Waals surface area contributed by atoms with Crippen molar-refractivity contribution >= 4 is 11.9 Å². The van der Waals surface area contributed by atoms with Crippen LogP contribution in [0, 0.1) is 6.92 Å². The van der Waals surface area contributed by atoms with Crippen molar-refractivity contribution in [1.29, 1.82) is 0 Å². The number of aromatic nitrogens is 2. The lowest BCUT2D eigenvalue weighted by Crippen LogP contribution is -2.42. The minimum atomic E-state index is -0.903. The number of aryl methyl sites for hydroxylation is 1. The van der Waals surface area contributed by atoms with Gasteiger partial charge in [0, 0.05) is 25.2 Å². The molecule has 1 aliphatic rings. The molecule has 2 N–H and O–H groups in total. The lowest BCUT2D eigenvalue weighted by molar-refractivity contribution is -0.137. The number of benzene rings is 1. The molecule has 0 bridgehead atoms. The van der Waals surface area contributed by atoms with E-state index in [2.05, 4.69) is 15.3 Å². The van der Waals surface area contributed by atoms with E-state index in [1.54, 1.807) is 6.20 Å². The highest BCUT2D eigenvalue weighted by Crippen LogP contribution is 2.25. The first-order valence-electron chi connectivity index (χ1n) is 9.30. The van der Waals surface area contributed by atoms with E-state index >= 15 is 0 Å². The van der Waals surface area contributed by atoms with Crippen molar-refractivity contribution in [2.24, 2.45) is 0 Å². The first-order valence-corrected chi connectivity index (χ1v) is 9.30. The number of hydrogen-bond acceptors (Lipinski definition) is 4. The average Bonchev–Trinajstić information content (AvgIpc) is 3.09.